The van der Waals surface area contributed by atoms with Crippen molar-refractivity contribution in [3.8, 4) is 6.07 Å². The molecule has 0 bridgehead atoms. The lowest BCUT2D eigenvalue weighted by molar-refractivity contribution is -0.112. The van der Waals surface area contributed by atoms with E-state index in [1.807, 2.05) is 0 Å². The van der Waals surface area contributed by atoms with Crippen molar-refractivity contribution >= 4 is 48.9 Å². The van der Waals surface area contributed by atoms with Crippen LogP contribution >= 0.6 is 11.6 Å². The zero-order valence-electron chi connectivity index (χ0n) is 17.6. The average molecular weight is 526 g/mol. The minimum Gasteiger partial charge on any atom is -0.379 e. The fraction of sp³-hybridized carbons (Fsp3) is 0.200. The number of hydrogen-bond donors (Lipinski definition) is 3. The number of hydrogen-bond acceptors (Lipinski definition) is 8. The van der Waals surface area contributed by atoms with Gasteiger partial charge in [0.1, 0.15) is 11.6 Å². The van der Waals surface area contributed by atoms with Crippen molar-refractivity contribution in [1.29, 1.82) is 5.26 Å². The first-order valence-corrected chi connectivity index (χ1v) is 13.1. The van der Waals surface area contributed by atoms with Crippen molar-refractivity contribution in [3.63, 3.8) is 0 Å². The fourth-order valence-electron chi connectivity index (χ4n) is 2.94. The monoisotopic (exact) mass is 525 g/mol. The van der Waals surface area contributed by atoms with Crippen LogP contribution < -0.4 is 15.8 Å². The van der Waals surface area contributed by atoms with Crippen molar-refractivity contribution in [2.75, 3.05) is 36.9 Å². The lowest BCUT2D eigenvalue weighted by atomic mass is 10.2. The molecule has 2 aromatic rings. The van der Waals surface area contributed by atoms with Gasteiger partial charge < -0.3 is 15.4 Å². The SMILES string of the molecule is N#C/C(=C/Nc1cc(S(=O)(=O)N2CCOCC2)ccc1Cl)C(=O)Nc1ccc(S(N)(=O)=O)cc1. The molecule has 180 valence electrons. The number of ether oxygens (including phenoxy) is 1. The van der Waals surface area contributed by atoms with Crippen molar-refractivity contribution in [1.82, 2.24) is 4.31 Å². The molecule has 1 aliphatic rings. The molecular formula is C20H20ClN5O6S2. The zero-order chi connectivity index (χ0) is 24.9. The summed E-state index contributed by atoms with van der Waals surface area (Å²) in [6.45, 7) is 1.05. The Labute approximate surface area is 201 Å². The topological polar surface area (TPSA) is 172 Å². The summed E-state index contributed by atoms with van der Waals surface area (Å²) in [5, 5.41) is 19.7. The number of carbonyl (C=O) groups is 1. The summed E-state index contributed by atoms with van der Waals surface area (Å²) in [6.07, 6.45) is 1.08. The molecule has 1 aliphatic heterocycles. The molecule has 1 saturated heterocycles. The third-order valence-electron chi connectivity index (χ3n) is 4.72. The maximum Gasteiger partial charge on any atom is 0.267 e. The molecule has 0 atom stereocenters. The molecule has 0 aliphatic carbocycles. The second-order valence-electron chi connectivity index (χ2n) is 7.00. The van der Waals surface area contributed by atoms with Gasteiger partial charge in [-0.3, -0.25) is 4.79 Å². The van der Waals surface area contributed by atoms with Crippen LogP contribution in [-0.4, -0.2) is 53.4 Å². The van der Waals surface area contributed by atoms with Crippen molar-refractivity contribution in [2.24, 2.45) is 5.14 Å². The number of amides is 1. The van der Waals surface area contributed by atoms with Crippen molar-refractivity contribution in [3.05, 3.63) is 59.3 Å². The Bertz CT molecular complexity index is 1360. The van der Waals surface area contributed by atoms with Gasteiger partial charge in [-0.1, -0.05) is 11.6 Å². The summed E-state index contributed by atoms with van der Waals surface area (Å²) in [5.74, 6) is -0.786. The fourth-order valence-corrected chi connectivity index (χ4v) is 5.06. The third-order valence-corrected chi connectivity index (χ3v) is 7.88. The van der Waals surface area contributed by atoms with Crippen LogP contribution in [0.2, 0.25) is 5.02 Å². The Hall–Kier alpha value is -2.99. The molecule has 2 aromatic carbocycles. The van der Waals surface area contributed by atoms with E-state index in [2.05, 4.69) is 10.6 Å². The number of nitrogens with two attached hydrogens (primary N) is 1. The smallest absolute Gasteiger partial charge is 0.267 e. The van der Waals surface area contributed by atoms with E-state index in [0.29, 0.717) is 13.2 Å². The van der Waals surface area contributed by atoms with Gasteiger partial charge in [0.15, 0.2) is 0 Å². The van der Waals surface area contributed by atoms with E-state index >= 15 is 0 Å². The van der Waals surface area contributed by atoms with Crippen molar-refractivity contribution < 1.29 is 26.4 Å². The number of carbonyl (C=O) groups excluding carboxylic acids is 1. The van der Waals surface area contributed by atoms with E-state index in [1.165, 1.54) is 46.8 Å². The van der Waals surface area contributed by atoms with Crippen LogP contribution in [0.15, 0.2) is 64.0 Å². The molecule has 1 heterocycles. The second-order valence-corrected chi connectivity index (χ2v) is 10.9. The lowest BCUT2D eigenvalue weighted by Crippen LogP contribution is -2.40. The second kappa shape index (κ2) is 10.5. The van der Waals surface area contributed by atoms with Crippen LogP contribution in [-0.2, 0) is 29.6 Å². The third kappa shape index (κ3) is 6.11. The van der Waals surface area contributed by atoms with E-state index in [-0.39, 0.29) is 44.9 Å². The number of primary sulfonamides is 1. The minimum atomic E-state index is -3.88. The number of anilines is 2. The predicted molar refractivity (Wildman–Crippen MR) is 125 cm³/mol. The highest BCUT2D eigenvalue weighted by atomic mass is 35.5. The van der Waals surface area contributed by atoms with Gasteiger partial charge in [0, 0.05) is 25.0 Å². The Balaban J connectivity index is 1.77. The molecule has 14 heteroatoms. The zero-order valence-corrected chi connectivity index (χ0v) is 20.0. The van der Waals surface area contributed by atoms with Gasteiger partial charge in [-0.25, -0.2) is 22.0 Å². The summed E-state index contributed by atoms with van der Waals surface area (Å²) < 4.78 is 54.9. The number of benzene rings is 2. The van der Waals surface area contributed by atoms with Gasteiger partial charge in [-0.2, -0.15) is 9.57 Å². The quantitative estimate of drug-likeness (QED) is 0.360. The number of sulfonamides is 2. The highest BCUT2D eigenvalue weighted by Crippen LogP contribution is 2.27. The first kappa shape index (κ1) is 25.6. The first-order chi connectivity index (χ1) is 16.0. The van der Waals surface area contributed by atoms with Crippen LogP contribution in [0, 0.1) is 11.3 Å². The molecule has 0 radical (unpaired) electrons. The van der Waals surface area contributed by atoms with E-state index in [0.717, 1.165) is 6.20 Å². The molecular weight excluding hydrogens is 506 g/mol. The Morgan fingerprint density at radius 2 is 1.71 bits per heavy atom. The average Bonchev–Trinajstić information content (AvgIpc) is 2.80. The molecule has 3 rings (SSSR count). The number of rotatable bonds is 7. The summed E-state index contributed by atoms with van der Waals surface area (Å²) in [5.41, 5.74) is 0.0669. The molecule has 1 fully saturated rings. The minimum absolute atomic E-state index is 0.00685. The maximum atomic E-state index is 12.9. The van der Waals surface area contributed by atoms with Gasteiger partial charge >= 0.3 is 0 Å². The number of nitrogens with one attached hydrogen (secondary N) is 2. The van der Waals surface area contributed by atoms with E-state index in [4.69, 9.17) is 21.5 Å². The van der Waals surface area contributed by atoms with E-state index < -0.39 is 26.0 Å². The maximum absolute atomic E-state index is 12.9. The summed E-state index contributed by atoms with van der Waals surface area (Å²) in [4.78, 5) is 12.3. The predicted octanol–water partition coefficient (Wildman–Crippen LogP) is 1.47. The van der Waals surface area contributed by atoms with Crippen LogP contribution in [0.5, 0.6) is 0 Å². The number of halogens is 1. The summed E-state index contributed by atoms with van der Waals surface area (Å²) >= 11 is 6.16. The van der Waals surface area contributed by atoms with Gasteiger partial charge in [0.25, 0.3) is 5.91 Å². The summed E-state index contributed by atoms with van der Waals surface area (Å²) in [6, 6.07) is 10.8. The Kier molecular flexibility index (Phi) is 7.93. The largest absolute Gasteiger partial charge is 0.379 e. The van der Waals surface area contributed by atoms with Gasteiger partial charge in [-0.05, 0) is 42.5 Å². The molecule has 1 amide bonds. The standard InChI is InChI=1S/C20H20ClN5O6S2/c21-18-6-5-17(34(30,31)26-7-9-32-10-8-26)11-19(18)24-13-14(12-22)20(27)25-15-1-3-16(4-2-15)33(23,28)29/h1-6,11,13,24H,7-10H2,(H,25,27)(H2,23,28,29)/b14-13-. The number of nitriles is 1. The molecule has 34 heavy (non-hydrogen) atoms. The molecule has 0 aromatic heterocycles. The van der Waals surface area contributed by atoms with Gasteiger partial charge in [-0.15, -0.1) is 0 Å². The van der Waals surface area contributed by atoms with Gasteiger partial charge in [0.2, 0.25) is 20.0 Å². The van der Waals surface area contributed by atoms with Crippen LogP contribution in [0.25, 0.3) is 0 Å². The highest BCUT2D eigenvalue weighted by Gasteiger charge is 2.26. The summed E-state index contributed by atoms with van der Waals surface area (Å²) in [7, 11) is -7.66. The van der Waals surface area contributed by atoms with Crippen molar-refractivity contribution in [2.45, 2.75) is 9.79 Å². The van der Waals surface area contributed by atoms with Gasteiger partial charge in [0.05, 0.1) is 33.7 Å². The molecule has 0 saturated carbocycles. The lowest BCUT2D eigenvalue weighted by Gasteiger charge is -2.26. The molecule has 11 nitrogen and oxygen atoms in total. The highest BCUT2D eigenvalue weighted by molar-refractivity contribution is 7.89. The molecule has 0 unspecified atom stereocenters. The molecule has 4 N–H and O–H groups in total. The van der Waals surface area contributed by atoms with Crippen LogP contribution in [0.1, 0.15) is 0 Å². The van der Waals surface area contributed by atoms with E-state index in [1.54, 1.807) is 6.07 Å². The Morgan fingerprint density at radius 1 is 1.09 bits per heavy atom. The number of nitrogens with zero attached hydrogens (tertiary/aromatic N) is 2. The normalized spacial score (nSPS) is 15.4. The molecule has 0 spiro atoms. The number of morpholine rings is 1. The van der Waals surface area contributed by atoms with Crippen LogP contribution in [0.4, 0.5) is 11.4 Å². The van der Waals surface area contributed by atoms with E-state index in [9.17, 15) is 26.9 Å². The first-order valence-electron chi connectivity index (χ1n) is 9.71. The van der Waals surface area contributed by atoms with Crippen LogP contribution in [0.3, 0.4) is 0 Å². The Morgan fingerprint density at radius 3 is 2.29 bits per heavy atom.